The number of likely N-dealkylation sites (tertiary alicyclic amines) is 1. The molecule has 1 saturated carbocycles. The summed E-state index contributed by atoms with van der Waals surface area (Å²) in [6, 6.07) is 11.6. The van der Waals surface area contributed by atoms with E-state index in [4.69, 9.17) is 0 Å². The molecule has 1 aromatic carbocycles. The first-order valence-electron chi connectivity index (χ1n) is 7.90. The van der Waals surface area contributed by atoms with Crippen LogP contribution in [0, 0.1) is 5.92 Å². The topological polar surface area (TPSA) is 15.3 Å². The van der Waals surface area contributed by atoms with Gasteiger partial charge in [0.15, 0.2) is 0 Å². The minimum Gasteiger partial charge on any atom is -0.313 e. The van der Waals surface area contributed by atoms with E-state index < -0.39 is 0 Å². The third-order valence-electron chi connectivity index (χ3n) is 4.51. The fraction of sp³-hybridized carbons (Fsp3) is 0.647. The Bertz CT molecular complexity index is 372. The van der Waals surface area contributed by atoms with E-state index in [1.165, 1.54) is 63.8 Å². The van der Waals surface area contributed by atoms with E-state index >= 15 is 0 Å². The number of hydrogen-bond donors (Lipinski definition) is 1. The lowest BCUT2D eigenvalue weighted by molar-refractivity contribution is 0.331. The second-order valence-electron chi connectivity index (χ2n) is 6.21. The Labute approximate surface area is 117 Å². The molecule has 1 unspecified atom stereocenters. The number of nitrogens with one attached hydrogen (secondary N) is 1. The summed E-state index contributed by atoms with van der Waals surface area (Å²) in [6.45, 7) is 4.97. The van der Waals surface area contributed by atoms with Crippen molar-refractivity contribution in [3.63, 3.8) is 0 Å². The lowest BCUT2D eigenvalue weighted by atomic mass is 10.1. The van der Waals surface area contributed by atoms with E-state index in [0.29, 0.717) is 0 Å². The molecule has 3 rings (SSSR count). The van der Waals surface area contributed by atoms with Crippen molar-refractivity contribution >= 4 is 0 Å². The molecular weight excluding hydrogens is 232 g/mol. The predicted molar refractivity (Wildman–Crippen MR) is 80.3 cm³/mol. The van der Waals surface area contributed by atoms with Crippen LogP contribution < -0.4 is 5.32 Å². The van der Waals surface area contributed by atoms with Crippen LogP contribution in [0.3, 0.4) is 0 Å². The molecule has 1 aliphatic heterocycles. The molecule has 0 spiro atoms. The molecule has 1 atom stereocenters. The highest BCUT2D eigenvalue weighted by atomic mass is 15.2. The monoisotopic (exact) mass is 258 g/mol. The van der Waals surface area contributed by atoms with Crippen molar-refractivity contribution in [1.82, 2.24) is 10.2 Å². The molecule has 0 aromatic heterocycles. The minimum absolute atomic E-state index is 0.745. The van der Waals surface area contributed by atoms with Crippen molar-refractivity contribution in [3.8, 4) is 0 Å². The minimum atomic E-state index is 0.745. The molecule has 2 heteroatoms. The third kappa shape index (κ3) is 4.32. The van der Waals surface area contributed by atoms with E-state index in [1.54, 1.807) is 0 Å². The molecule has 1 aliphatic carbocycles. The Kier molecular flexibility index (Phi) is 4.52. The average Bonchev–Trinajstić information content (AvgIpc) is 3.16. The summed E-state index contributed by atoms with van der Waals surface area (Å²) in [5, 5.41) is 3.74. The van der Waals surface area contributed by atoms with Crippen LogP contribution in [0.5, 0.6) is 0 Å². The van der Waals surface area contributed by atoms with Crippen molar-refractivity contribution in [2.45, 2.75) is 38.1 Å². The van der Waals surface area contributed by atoms with Crippen molar-refractivity contribution < 1.29 is 0 Å². The van der Waals surface area contributed by atoms with E-state index in [9.17, 15) is 0 Å². The van der Waals surface area contributed by atoms with Gasteiger partial charge in [-0.15, -0.1) is 0 Å². The zero-order valence-electron chi connectivity index (χ0n) is 11.9. The summed E-state index contributed by atoms with van der Waals surface area (Å²) in [7, 11) is 0. The summed E-state index contributed by atoms with van der Waals surface area (Å²) < 4.78 is 0. The van der Waals surface area contributed by atoms with Gasteiger partial charge in [0.1, 0.15) is 0 Å². The summed E-state index contributed by atoms with van der Waals surface area (Å²) in [5.74, 6) is 1.06. The van der Waals surface area contributed by atoms with E-state index in [-0.39, 0.29) is 0 Å². The normalized spacial score (nSPS) is 23.9. The maximum Gasteiger partial charge on any atom is 0.0207 e. The maximum absolute atomic E-state index is 3.74. The second kappa shape index (κ2) is 6.53. The Hall–Kier alpha value is -0.860. The molecule has 0 amide bonds. The number of rotatable bonds is 7. The van der Waals surface area contributed by atoms with Gasteiger partial charge in [-0.3, -0.25) is 0 Å². The fourth-order valence-corrected chi connectivity index (χ4v) is 3.03. The molecule has 2 fully saturated rings. The van der Waals surface area contributed by atoms with Crippen LogP contribution in [0.15, 0.2) is 30.3 Å². The zero-order valence-corrected chi connectivity index (χ0v) is 11.9. The largest absolute Gasteiger partial charge is 0.313 e. The van der Waals surface area contributed by atoms with Crippen LogP contribution in [-0.2, 0) is 6.42 Å². The van der Waals surface area contributed by atoms with Gasteiger partial charge in [-0.05, 0) is 43.8 Å². The Morgan fingerprint density at radius 3 is 2.74 bits per heavy atom. The fourth-order valence-electron chi connectivity index (χ4n) is 3.03. The zero-order chi connectivity index (χ0) is 12.9. The van der Waals surface area contributed by atoms with Crippen molar-refractivity contribution in [1.29, 1.82) is 0 Å². The van der Waals surface area contributed by atoms with Gasteiger partial charge in [0.05, 0.1) is 0 Å². The third-order valence-corrected chi connectivity index (χ3v) is 4.51. The molecule has 2 nitrogen and oxygen atoms in total. The van der Waals surface area contributed by atoms with E-state index in [1.807, 2.05) is 0 Å². The lowest BCUT2D eigenvalue weighted by Gasteiger charge is -2.16. The Morgan fingerprint density at radius 2 is 1.95 bits per heavy atom. The molecule has 0 bridgehead atoms. The van der Waals surface area contributed by atoms with Crippen LogP contribution in [-0.4, -0.2) is 37.1 Å². The molecule has 0 radical (unpaired) electrons. The van der Waals surface area contributed by atoms with E-state index in [2.05, 4.69) is 40.5 Å². The van der Waals surface area contributed by atoms with Gasteiger partial charge in [0.2, 0.25) is 0 Å². The van der Waals surface area contributed by atoms with Crippen LogP contribution >= 0.6 is 0 Å². The number of benzene rings is 1. The van der Waals surface area contributed by atoms with Crippen LogP contribution in [0.2, 0.25) is 0 Å². The van der Waals surface area contributed by atoms with Gasteiger partial charge in [0, 0.05) is 19.1 Å². The van der Waals surface area contributed by atoms with Gasteiger partial charge in [-0.25, -0.2) is 0 Å². The highest BCUT2D eigenvalue weighted by Crippen LogP contribution is 2.31. The van der Waals surface area contributed by atoms with Gasteiger partial charge < -0.3 is 10.2 Å². The number of nitrogens with zero attached hydrogens (tertiary/aromatic N) is 1. The van der Waals surface area contributed by atoms with E-state index in [0.717, 1.165) is 12.0 Å². The molecule has 1 N–H and O–H groups in total. The highest BCUT2D eigenvalue weighted by molar-refractivity contribution is 5.14. The molecule has 19 heavy (non-hydrogen) atoms. The predicted octanol–water partition coefficient (Wildman–Crippen LogP) is 2.69. The van der Waals surface area contributed by atoms with Crippen LogP contribution in [0.4, 0.5) is 0 Å². The van der Waals surface area contributed by atoms with Crippen LogP contribution in [0.25, 0.3) is 0 Å². The van der Waals surface area contributed by atoms with Crippen molar-refractivity contribution in [2.75, 3.05) is 26.2 Å². The summed E-state index contributed by atoms with van der Waals surface area (Å²) in [5.41, 5.74) is 1.47. The molecule has 1 heterocycles. The van der Waals surface area contributed by atoms with Crippen molar-refractivity contribution in [2.24, 2.45) is 5.92 Å². The standard InChI is InChI=1S/C17H26N2/c1-2-4-15(5-3-1)9-12-19-13-10-17(14-19)18-11-8-16-6-7-16/h1-5,16-18H,6-14H2. The molecular formula is C17H26N2. The van der Waals surface area contributed by atoms with Gasteiger partial charge in [-0.1, -0.05) is 43.2 Å². The first-order chi connectivity index (χ1) is 9.40. The van der Waals surface area contributed by atoms with Crippen LogP contribution in [0.1, 0.15) is 31.2 Å². The molecule has 1 saturated heterocycles. The Balaban J connectivity index is 1.32. The maximum atomic E-state index is 3.74. The molecule has 104 valence electrons. The lowest BCUT2D eigenvalue weighted by Crippen LogP contribution is -2.33. The quantitative estimate of drug-likeness (QED) is 0.809. The SMILES string of the molecule is c1ccc(CCN2CCC(NCCC3CC3)C2)cc1. The smallest absolute Gasteiger partial charge is 0.0207 e. The first kappa shape index (κ1) is 13.1. The van der Waals surface area contributed by atoms with Gasteiger partial charge in [-0.2, -0.15) is 0 Å². The second-order valence-corrected chi connectivity index (χ2v) is 6.21. The summed E-state index contributed by atoms with van der Waals surface area (Å²) >= 11 is 0. The van der Waals surface area contributed by atoms with Gasteiger partial charge in [0.25, 0.3) is 0 Å². The molecule has 2 aliphatic rings. The Morgan fingerprint density at radius 1 is 1.11 bits per heavy atom. The van der Waals surface area contributed by atoms with Gasteiger partial charge >= 0.3 is 0 Å². The summed E-state index contributed by atoms with van der Waals surface area (Å²) in [6.07, 6.45) is 6.89. The number of hydrogen-bond acceptors (Lipinski definition) is 2. The first-order valence-corrected chi connectivity index (χ1v) is 7.90. The highest BCUT2D eigenvalue weighted by Gasteiger charge is 2.24. The van der Waals surface area contributed by atoms with Crippen molar-refractivity contribution in [3.05, 3.63) is 35.9 Å². The average molecular weight is 258 g/mol. The molecule has 1 aromatic rings. The summed E-state index contributed by atoms with van der Waals surface area (Å²) in [4.78, 5) is 2.61.